The molecule has 4 nitrogen and oxygen atoms in total. The van der Waals surface area contributed by atoms with Gasteiger partial charge in [-0.15, -0.1) is 0 Å². The summed E-state index contributed by atoms with van der Waals surface area (Å²) >= 11 is 0. The van der Waals surface area contributed by atoms with Crippen LogP contribution in [0.1, 0.15) is 11.5 Å². The second kappa shape index (κ2) is 3.91. The third-order valence-corrected chi connectivity index (χ3v) is 1.85. The lowest BCUT2D eigenvalue weighted by atomic mass is 10.2. The molecule has 0 aromatic carbocycles. The van der Waals surface area contributed by atoms with Crippen LogP contribution >= 0.6 is 0 Å². The van der Waals surface area contributed by atoms with Gasteiger partial charge in [0.05, 0.1) is 6.20 Å². The molecule has 2 heterocycles. The van der Waals surface area contributed by atoms with Crippen molar-refractivity contribution in [3.63, 3.8) is 0 Å². The van der Waals surface area contributed by atoms with Gasteiger partial charge in [-0.3, -0.25) is 4.98 Å². The highest BCUT2D eigenvalue weighted by molar-refractivity contribution is 5.20. The zero-order valence-corrected chi connectivity index (χ0v) is 7.90. The Hall–Kier alpha value is -1.84. The third-order valence-electron chi connectivity index (χ3n) is 1.85. The Balaban J connectivity index is 2.11. The van der Waals surface area contributed by atoms with Crippen molar-refractivity contribution in [1.82, 2.24) is 9.97 Å². The van der Waals surface area contributed by atoms with E-state index in [1.165, 1.54) is 0 Å². The third kappa shape index (κ3) is 1.90. The molecule has 0 bridgehead atoms. The van der Waals surface area contributed by atoms with E-state index >= 15 is 0 Å². The van der Waals surface area contributed by atoms with Crippen molar-refractivity contribution >= 4 is 6.01 Å². The van der Waals surface area contributed by atoms with Crippen LogP contribution in [0, 0.1) is 0 Å². The molecule has 1 N–H and O–H groups in total. The average Bonchev–Trinajstić information content (AvgIpc) is 2.67. The maximum absolute atomic E-state index is 5.37. The maximum Gasteiger partial charge on any atom is 0.294 e. The first-order chi connectivity index (χ1) is 6.88. The standard InChI is InChI=1S/C10H11N3O/c1-11-10-13-7-9(14-10)6-8-4-2-3-5-12-8/h2-5,7H,6H2,1H3,(H,11,13). The van der Waals surface area contributed by atoms with Gasteiger partial charge < -0.3 is 9.73 Å². The Morgan fingerprint density at radius 2 is 2.29 bits per heavy atom. The summed E-state index contributed by atoms with van der Waals surface area (Å²) in [5.74, 6) is 0.813. The molecule has 0 aliphatic rings. The number of nitrogens with zero attached hydrogens (tertiary/aromatic N) is 2. The summed E-state index contributed by atoms with van der Waals surface area (Å²) < 4.78 is 5.37. The average molecular weight is 189 g/mol. The molecule has 0 unspecified atom stereocenters. The van der Waals surface area contributed by atoms with Crippen molar-refractivity contribution in [3.8, 4) is 0 Å². The predicted octanol–water partition coefficient (Wildman–Crippen LogP) is 1.70. The Kier molecular flexibility index (Phi) is 2.44. The fourth-order valence-corrected chi connectivity index (χ4v) is 1.19. The van der Waals surface area contributed by atoms with Gasteiger partial charge in [0.15, 0.2) is 0 Å². The zero-order chi connectivity index (χ0) is 9.80. The Bertz CT molecular complexity index is 397. The number of oxazole rings is 1. The fraction of sp³-hybridized carbons (Fsp3) is 0.200. The number of hydrogen-bond donors (Lipinski definition) is 1. The van der Waals surface area contributed by atoms with Crippen LogP contribution in [0.15, 0.2) is 35.0 Å². The van der Waals surface area contributed by atoms with Crippen LogP contribution in [0.5, 0.6) is 0 Å². The highest BCUT2D eigenvalue weighted by Crippen LogP contribution is 2.11. The molecule has 0 saturated carbocycles. The number of nitrogens with one attached hydrogen (secondary N) is 1. The van der Waals surface area contributed by atoms with E-state index in [1.807, 2.05) is 18.2 Å². The number of hydrogen-bond acceptors (Lipinski definition) is 4. The van der Waals surface area contributed by atoms with E-state index in [0.29, 0.717) is 12.4 Å². The van der Waals surface area contributed by atoms with Gasteiger partial charge in [-0.25, -0.2) is 4.98 Å². The molecule has 0 saturated heterocycles. The summed E-state index contributed by atoms with van der Waals surface area (Å²) in [7, 11) is 1.77. The zero-order valence-electron chi connectivity index (χ0n) is 7.90. The molecule has 2 aromatic rings. The second-order valence-electron chi connectivity index (χ2n) is 2.88. The van der Waals surface area contributed by atoms with Gasteiger partial charge in [-0.1, -0.05) is 6.07 Å². The van der Waals surface area contributed by atoms with E-state index < -0.39 is 0 Å². The molecule has 4 heteroatoms. The summed E-state index contributed by atoms with van der Waals surface area (Å²) in [5.41, 5.74) is 0.978. The molecule has 0 spiro atoms. The van der Waals surface area contributed by atoms with Gasteiger partial charge in [-0.2, -0.15) is 0 Å². The minimum absolute atomic E-state index is 0.538. The maximum atomic E-state index is 5.37. The monoisotopic (exact) mass is 189 g/mol. The normalized spacial score (nSPS) is 10.1. The molecular formula is C10H11N3O. The van der Waals surface area contributed by atoms with E-state index in [4.69, 9.17) is 4.42 Å². The second-order valence-corrected chi connectivity index (χ2v) is 2.88. The van der Waals surface area contributed by atoms with Gasteiger partial charge in [0, 0.05) is 25.4 Å². The molecule has 0 fully saturated rings. The first-order valence-electron chi connectivity index (χ1n) is 4.41. The van der Waals surface area contributed by atoms with Crippen molar-refractivity contribution in [2.24, 2.45) is 0 Å². The van der Waals surface area contributed by atoms with E-state index in [0.717, 1.165) is 11.5 Å². The quantitative estimate of drug-likeness (QED) is 0.798. The number of anilines is 1. The lowest BCUT2D eigenvalue weighted by Crippen LogP contribution is -1.89. The smallest absolute Gasteiger partial charge is 0.294 e. The van der Waals surface area contributed by atoms with Gasteiger partial charge in [0.2, 0.25) is 0 Å². The fourth-order valence-electron chi connectivity index (χ4n) is 1.19. The topological polar surface area (TPSA) is 51.0 Å². The summed E-state index contributed by atoms with van der Waals surface area (Å²) in [6, 6.07) is 6.35. The lowest BCUT2D eigenvalue weighted by Gasteiger charge is -1.95. The van der Waals surface area contributed by atoms with Crippen LogP contribution < -0.4 is 5.32 Å². The Morgan fingerprint density at radius 1 is 1.36 bits per heavy atom. The molecule has 0 amide bonds. The van der Waals surface area contributed by atoms with Crippen LogP contribution in [-0.2, 0) is 6.42 Å². The molecular weight excluding hydrogens is 178 g/mol. The molecule has 0 aliphatic carbocycles. The van der Waals surface area contributed by atoms with Gasteiger partial charge in [0.25, 0.3) is 6.01 Å². The summed E-state index contributed by atoms with van der Waals surface area (Å²) in [6.07, 6.45) is 4.15. The van der Waals surface area contributed by atoms with E-state index in [2.05, 4.69) is 15.3 Å². The van der Waals surface area contributed by atoms with E-state index in [-0.39, 0.29) is 0 Å². The van der Waals surface area contributed by atoms with Crippen molar-refractivity contribution in [1.29, 1.82) is 0 Å². The summed E-state index contributed by atoms with van der Waals surface area (Å²) in [6.45, 7) is 0. The predicted molar refractivity (Wildman–Crippen MR) is 53.1 cm³/mol. The first-order valence-corrected chi connectivity index (χ1v) is 4.41. The van der Waals surface area contributed by atoms with Gasteiger partial charge in [-0.05, 0) is 12.1 Å². The van der Waals surface area contributed by atoms with E-state index in [9.17, 15) is 0 Å². The Labute approximate surface area is 82.0 Å². The molecule has 0 atom stereocenters. The molecule has 2 aromatic heterocycles. The minimum Gasteiger partial charge on any atom is -0.428 e. The number of rotatable bonds is 3. The van der Waals surface area contributed by atoms with Crippen molar-refractivity contribution in [2.75, 3.05) is 12.4 Å². The van der Waals surface area contributed by atoms with Gasteiger partial charge >= 0.3 is 0 Å². The number of aromatic nitrogens is 2. The SMILES string of the molecule is CNc1ncc(Cc2ccccn2)o1. The van der Waals surface area contributed by atoms with Gasteiger partial charge in [0.1, 0.15) is 5.76 Å². The molecule has 0 aliphatic heterocycles. The highest BCUT2D eigenvalue weighted by atomic mass is 16.4. The van der Waals surface area contributed by atoms with Crippen molar-refractivity contribution < 1.29 is 4.42 Å². The van der Waals surface area contributed by atoms with E-state index in [1.54, 1.807) is 19.4 Å². The summed E-state index contributed by atoms with van der Waals surface area (Å²) in [4.78, 5) is 8.23. The van der Waals surface area contributed by atoms with Crippen LogP contribution in [-0.4, -0.2) is 17.0 Å². The molecule has 2 rings (SSSR count). The highest BCUT2D eigenvalue weighted by Gasteiger charge is 2.03. The van der Waals surface area contributed by atoms with Crippen molar-refractivity contribution in [2.45, 2.75) is 6.42 Å². The molecule has 0 radical (unpaired) electrons. The van der Waals surface area contributed by atoms with Crippen LogP contribution in [0.4, 0.5) is 6.01 Å². The molecule has 72 valence electrons. The minimum atomic E-state index is 0.538. The Morgan fingerprint density at radius 3 is 2.93 bits per heavy atom. The largest absolute Gasteiger partial charge is 0.428 e. The lowest BCUT2D eigenvalue weighted by molar-refractivity contribution is 0.529. The first kappa shape index (κ1) is 8.74. The van der Waals surface area contributed by atoms with Crippen LogP contribution in [0.2, 0.25) is 0 Å². The van der Waals surface area contributed by atoms with Crippen LogP contribution in [0.25, 0.3) is 0 Å². The van der Waals surface area contributed by atoms with Crippen LogP contribution in [0.3, 0.4) is 0 Å². The number of pyridine rings is 1. The summed E-state index contributed by atoms with van der Waals surface area (Å²) in [5, 5.41) is 2.83. The van der Waals surface area contributed by atoms with Crippen molar-refractivity contribution in [3.05, 3.63) is 42.0 Å². The molecule has 14 heavy (non-hydrogen) atoms.